The quantitative estimate of drug-likeness (QED) is 0.463. The van der Waals surface area contributed by atoms with Crippen LogP contribution in [0.1, 0.15) is 6.42 Å². The molecule has 0 spiro atoms. The zero-order valence-corrected chi connectivity index (χ0v) is 18.9. The third kappa shape index (κ3) is 6.39. The zero-order chi connectivity index (χ0) is 23.0. The van der Waals surface area contributed by atoms with Crippen LogP contribution < -0.4 is 15.4 Å². The van der Waals surface area contributed by atoms with Gasteiger partial charge in [-0.05, 0) is 30.7 Å². The summed E-state index contributed by atoms with van der Waals surface area (Å²) >= 11 is 0. The van der Waals surface area contributed by atoms with E-state index in [0.717, 1.165) is 13.1 Å². The first-order valence-corrected chi connectivity index (χ1v) is 12.0. The van der Waals surface area contributed by atoms with Crippen molar-refractivity contribution in [1.82, 2.24) is 19.8 Å². The maximum absolute atomic E-state index is 13.1. The van der Waals surface area contributed by atoms with Crippen LogP contribution in [0.3, 0.4) is 0 Å². The first-order valence-electron chi connectivity index (χ1n) is 10.6. The number of carbonyl (C=O) groups is 2. The average molecular weight is 471 g/mol. The number of nitrogens with one attached hydrogen (secondary N) is 2. The number of methoxy groups -OCH3 is 1. The lowest BCUT2D eigenvalue weighted by molar-refractivity contribution is -0.140. The van der Waals surface area contributed by atoms with E-state index in [-0.39, 0.29) is 18.0 Å². The highest BCUT2D eigenvalue weighted by atomic mass is 32.2. The zero-order valence-electron chi connectivity index (χ0n) is 18.1. The van der Waals surface area contributed by atoms with Crippen molar-refractivity contribution in [3.05, 3.63) is 24.3 Å². The van der Waals surface area contributed by atoms with Crippen molar-refractivity contribution in [2.75, 3.05) is 66.2 Å². The second-order valence-electron chi connectivity index (χ2n) is 7.39. The van der Waals surface area contributed by atoms with Crippen LogP contribution >= 0.6 is 0 Å². The number of rotatable bonds is 8. The van der Waals surface area contributed by atoms with E-state index in [0.29, 0.717) is 45.1 Å². The Morgan fingerprint density at radius 3 is 2.44 bits per heavy atom. The van der Waals surface area contributed by atoms with Gasteiger partial charge >= 0.3 is 11.8 Å². The van der Waals surface area contributed by atoms with Crippen molar-refractivity contribution in [1.29, 1.82) is 0 Å². The van der Waals surface area contributed by atoms with Gasteiger partial charge in [-0.1, -0.05) is 0 Å². The predicted octanol–water partition coefficient (Wildman–Crippen LogP) is -1.00. The Bertz CT molecular complexity index is 872. The molecule has 0 aromatic heterocycles. The lowest BCUT2D eigenvalue weighted by Gasteiger charge is -2.34. The van der Waals surface area contributed by atoms with Crippen molar-refractivity contribution in [2.24, 2.45) is 0 Å². The standard InChI is InChI=1S/C20H30N4O7S/c1-29-16-3-5-17(6-4-16)32(27,28)24-8-2-12-31-18(24)15-22-20(26)19(25)21-7-9-23-10-13-30-14-11-23/h3-6,18H,2,7-15H2,1H3,(H,21,25)(H,22,26)/t18-/m0/s1. The van der Waals surface area contributed by atoms with E-state index in [1.165, 1.54) is 23.5 Å². The Kier molecular flexibility index (Phi) is 8.82. The molecule has 12 heteroatoms. The van der Waals surface area contributed by atoms with Crippen LogP contribution in [-0.2, 0) is 29.1 Å². The van der Waals surface area contributed by atoms with Gasteiger partial charge < -0.3 is 24.8 Å². The summed E-state index contributed by atoms with van der Waals surface area (Å²) in [5, 5.41) is 5.05. The Balaban J connectivity index is 1.51. The van der Waals surface area contributed by atoms with Gasteiger partial charge in [0.2, 0.25) is 10.0 Å². The summed E-state index contributed by atoms with van der Waals surface area (Å²) in [7, 11) is -2.35. The highest BCUT2D eigenvalue weighted by molar-refractivity contribution is 7.89. The molecule has 2 aliphatic heterocycles. The Hall–Kier alpha value is -2.25. The number of hydrogen-bond donors (Lipinski definition) is 2. The first-order chi connectivity index (χ1) is 15.4. The normalized spacial score (nSPS) is 20.5. The third-order valence-corrected chi connectivity index (χ3v) is 7.18. The molecule has 0 saturated carbocycles. The van der Waals surface area contributed by atoms with Crippen molar-refractivity contribution >= 4 is 21.8 Å². The SMILES string of the molecule is COc1ccc(S(=O)(=O)N2CCCO[C@H]2CNC(=O)C(=O)NCCN2CCOCC2)cc1. The second-order valence-corrected chi connectivity index (χ2v) is 9.28. The van der Waals surface area contributed by atoms with Crippen LogP contribution in [0, 0.1) is 0 Å². The molecule has 2 saturated heterocycles. The van der Waals surface area contributed by atoms with E-state index in [4.69, 9.17) is 14.2 Å². The van der Waals surface area contributed by atoms with Crippen molar-refractivity contribution in [3.63, 3.8) is 0 Å². The van der Waals surface area contributed by atoms with Crippen LogP contribution in [-0.4, -0.2) is 102 Å². The minimum absolute atomic E-state index is 0.0981. The molecule has 0 radical (unpaired) electrons. The topological polar surface area (TPSA) is 127 Å². The molecule has 1 atom stereocenters. The smallest absolute Gasteiger partial charge is 0.309 e. The lowest BCUT2D eigenvalue weighted by Crippen LogP contribution is -2.53. The Labute approximate surface area is 188 Å². The van der Waals surface area contributed by atoms with Gasteiger partial charge in [-0.2, -0.15) is 4.31 Å². The summed E-state index contributed by atoms with van der Waals surface area (Å²) in [5.74, 6) is -1.05. The molecule has 3 rings (SSSR count). The fourth-order valence-electron chi connectivity index (χ4n) is 3.48. The van der Waals surface area contributed by atoms with Gasteiger partial charge in [-0.25, -0.2) is 8.42 Å². The molecule has 2 amide bonds. The summed E-state index contributed by atoms with van der Waals surface area (Å²) < 4.78 is 43.3. The molecule has 178 valence electrons. The van der Waals surface area contributed by atoms with Crippen LogP contribution in [0.2, 0.25) is 0 Å². The number of nitrogens with zero attached hydrogens (tertiary/aromatic N) is 2. The minimum atomic E-state index is -3.85. The highest BCUT2D eigenvalue weighted by Crippen LogP contribution is 2.23. The van der Waals surface area contributed by atoms with Crippen LogP contribution in [0.5, 0.6) is 5.75 Å². The predicted molar refractivity (Wildman–Crippen MR) is 115 cm³/mol. The molecular weight excluding hydrogens is 440 g/mol. The Morgan fingerprint density at radius 2 is 1.75 bits per heavy atom. The molecular formula is C20H30N4O7S. The number of morpholine rings is 1. The van der Waals surface area contributed by atoms with Gasteiger partial charge in [0.05, 0.1) is 38.4 Å². The van der Waals surface area contributed by atoms with E-state index in [1.54, 1.807) is 12.1 Å². The highest BCUT2D eigenvalue weighted by Gasteiger charge is 2.35. The van der Waals surface area contributed by atoms with E-state index in [1.807, 2.05) is 0 Å². The van der Waals surface area contributed by atoms with Crippen LogP contribution in [0.4, 0.5) is 0 Å². The van der Waals surface area contributed by atoms with Gasteiger partial charge in [-0.3, -0.25) is 14.5 Å². The summed E-state index contributed by atoms with van der Waals surface area (Å²) in [5.41, 5.74) is 0. The summed E-state index contributed by atoms with van der Waals surface area (Å²) in [4.78, 5) is 26.5. The van der Waals surface area contributed by atoms with E-state index in [9.17, 15) is 18.0 Å². The monoisotopic (exact) mass is 470 g/mol. The van der Waals surface area contributed by atoms with Gasteiger partial charge in [0.25, 0.3) is 0 Å². The lowest BCUT2D eigenvalue weighted by atomic mass is 10.3. The molecule has 1 aromatic rings. The largest absolute Gasteiger partial charge is 0.497 e. The number of amides is 2. The van der Waals surface area contributed by atoms with Gasteiger partial charge in [-0.15, -0.1) is 0 Å². The molecule has 1 aromatic carbocycles. The fourth-order valence-corrected chi connectivity index (χ4v) is 5.04. The van der Waals surface area contributed by atoms with Crippen molar-refractivity contribution < 1.29 is 32.2 Å². The molecule has 2 fully saturated rings. The maximum atomic E-state index is 13.1. The number of ether oxygens (including phenoxy) is 3. The van der Waals surface area contributed by atoms with Gasteiger partial charge in [0, 0.05) is 32.7 Å². The summed E-state index contributed by atoms with van der Waals surface area (Å²) in [6.45, 7) is 4.34. The van der Waals surface area contributed by atoms with Crippen LogP contribution in [0.25, 0.3) is 0 Å². The number of carbonyl (C=O) groups excluding carboxylic acids is 2. The van der Waals surface area contributed by atoms with Crippen molar-refractivity contribution in [2.45, 2.75) is 17.5 Å². The number of benzene rings is 1. The number of hydrogen-bond acceptors (Lipinski definition) is 8. The van der Waals surface area contributed by atoms with E-state index < -0.39 is 28.1 Å². The molecule has 0 unspecified atom stereocenters. The van der Waals surface area contributed by atoms with E-state index in [2.05, 4.69) is 15.5 Å². The minimum Gasteiger partial charge on any atom is -0.497 e. The molecule has 2 N–H and O–H groups in total. The average Bonchev–Trinajstić information content (AvgIpc) is 2.83. The van der Waals surface area contributed by atoms with Gasteiger partial charge in [0.1, 0.15) is 12.0 Å². The van der Waals surface area contributed by atoms with Crippen LogP contribution in [0.15, 0.2) is 29.2 Å². The number of sulfonamides is 1. The molecule has 0 aliphatic carbocycles. The molecule has 2 heterocycles. The Morgan fingerprint density at radius 1 is 1.06 bits per heavy atom. The summed E-state index contributed by atoms with van der Waals surface area (Å²) in [6, 6.07) is 6.05. The third-order valence-electron chi connectivity index (χ3n) is 5.28. The second kappa shape index (κ2) is 11.6. The summed E-state index contributed by atoms with van der Waals surface area (Å²) in [6.07, 6.45) is -0.372. The van der Waals surface area contributed by atoms with Gasteiger partial charge in [0.15, 0.2) is 0 Å². The molecule has 0 bridgehead atoms. The first kappa shape index (κ1) is 24.4. The molecule has 2 aliphatic rings. The fraction of sp³-hybridized carbons (Fsp3) is 0.600. The molecule has 32 heavy (non-hydrogen) atoms. The molecule has 11 nitrogen and oxygen atoms in total. The van der Waals surface area contributed by atoms with Crippen molar-refractivity contribution in [3.8, 4) is 5.75 Å². The maximum Gasteiger partial charge on any atom is 0.309 e. The van der Waals surface area contributed by atoms with E-state index >= 15 is 0 Å².